The third-order valence-electron chi connectivity index (χ3n) is 2.47. The van der Waals surface area contributed by atoms with Crippen molar-refractivity contribution in [2.24, 2.45) is 0 Å². The third kappa shape index (κ3) is 3.57. The van der Waals surface area contributed by atoms with Gasteiger partial charge in [0.2, 0.25) is 0 Å². The molecular weight excluding hydrogens is 342 g/mol. The molecule has 0 fully saturated rings. The van der Waals surface area contributed by atoms with Crippen molar-refractivity contribution in [3.63, 3.8) is 0 Å². The Morgan fingerprint density at radius 3 is 2.95 bits per heavy atom. The number of H-pyrrole nitrogens is 1. The zero-order valence-corrected chi connectivity index (χ0v) is 13.5. The standard InChI is InChI=1S/C12H14BrN5OS/c1-3-4-7-5-8(19)18-12(17-7)20-11-9(13)10(14-2)15-6-16-11/h5-6H,3-4H2,1-2H3,(H,14,15,16)(H,17,18,19). The molecule has 0 unspecified atom stereocenters. The topological polar surface area (TPSA) is 83.6 Å². The van der Waals surface area contributed by atoms with Crippen molar-refractivity contribution in [2.45, 2.75) is 29.9 Å². The van der Waals surface area contributed by atoms with Crippen LogP contribution in [0.25, 0.3) is 0 Å². The maximum Gasteiger partial charge on any atom is 0.251 e. The number of aromatic nitrogens is 4. The van der Waals surface area contributed by atoms with Crippen molar-refractivity contribution in [1.82, 2.24) is 19.9 Å². The van der Waals surface area contributed by atoms with Gasteiger partial charge in [-0.1, -0.05) is 13.3 Å². The number of anilines is 1. The molecule has 6 nitrogen and oxygen atoms in total. The molecule has 0 amide bonds. The minimum absolute atomic E-state index is 0.148. The van der Waals surface area contributed by atoms with Crippen LogP contribution in [0.1, 0.15) is 19.0 Å². The van der Waals surface area contributed by atoms with Crippen molar-refractivity contribution >= 4 is 33.5 Å². The van der Waals surface area contributed by atoms with Crippen LogP contribution in [0.2, 0.25) is 0 Å². The number of rotatable bonds is 5. The number of hydrogen-bond acceptors (Lipinski definition) is 6. The first kappa shape index (κ1) is 15.0. The SMILES string of the molecule is CCCc1cc(=O)[nH]c(Sc2ncnc(NC)c2Br)n1. The highest BCUT2D eigenvalue weighted by atomic mass is 79.9. The highest BCUT2D eigenvalue weighted by Crippen LogP contribution is 2.32. The van der Waals surface area contributed by atoms with Gasteiger partial charge in [0.25, 0.3) is 5.56 Å². The van der Waals surface area contributed by atoms with Crippen LogP contribution >= 0.6 is 27.7 Å². The summed E-state index contributed by atoms with van der Waals surface area (Å²) in [5.41, 5.74) is 0.641. The molecule has 0 saturated heterocycles. The highest BCUT2D eigenvalue weighted by Gasteiger charge is 2.11. The molecule has 8 heteroatoms. The largest absolute Gasteiger partial charge is 0.372 e. The zero-order valence-electron chi connectivity index (χ0n) is 11.1. The first-order valence-electron chi connectivity index (χ1n) is 6.10. The Labute approximate surface area is 129 Å². The molecule has 0 saturated carbocycles. The Balaban J connectivity index is 2.32. The molecule has 0 atom stereocenters. The molecular formula is C12H14BrN5OS. The average molecular weight is 356 g/mol. The van der Waals surface area contributed by atoms with Crippen LogP contribution in [0.4, 0.5) is 5.82 Å². The van der Waals surface area contributed by atoms with Gasteiger partial charge in [-0.15, -0.1) is 0 Å². The van der Waals surface area contributed by atoms with E-state index in [2.05, 4.69) is 48.1 Å². The lowest BCUT2D eigenvalue weighted by Crippen LogP contribution is -2.10. The predicted molar refractivity (Wildman–Crippen MR) is 82.3 cm³/mol. The fraction of sp³-hybridized carbons (Fsp3) is 0.333. The van der Waals surface area contributed by atoms with Gasteiger partial charge in [0.1, 0.15) is 17.2 Å². The van der Waals surface area contributed by atoms with Crippen LogP contribution in [0.5, 0.6) is 0 Å². The lowest BCUT2D eigenvalue weighted by molar-refractivity contribution is 0.814. The fourth-order valence-corrected chi connectivity index (χ4v) is 3.04. The van der Waals surface area contributed by atoms with Gasteiger partial charge in [0.05, 0.1) is 4.47 Å². The average Bonchev–Trinajstić information content (AvgIpc) is 2.41. The van der Waals surface area contributed by atoms with Crippen LogP contribution in [-0.2, 0) is 6.42 Å². The lowest BCUT2D eigenvalue weighted by atomic mass is 10.2. The van der Waals surface area contributed by atoms with Crippen LogP contribution in [0.15, 0.2) is 31.8 Å². The molecule has 2 aromatic heterocycles. The van der Waals surface area contributed by atoms with Gasteiger partial charge in [0.15, 0.2) is 5.16 Å². The first-order chi connectivity index (χ1) is 9.63. The number of halogens is 1. The Morgan fingerprint density at radius 1 is 1.45 bits per heavy atom. The molecule has 2 N–H and O–H groups in total. The molecule has 20 heavy (non-hydrogen) atoms. The first-order valence-corrected chi connectivity index (χ1v) is 7.71. The lowest BCUT2D eigenvalue weighted by Gasteiger charge is -2.07. The van der Waals surface area contributed by atoms with Crippen molar-refractivity contribution in [1.29, 1.82) is 0 Å². The number of nitrogens with zero attached hydrogens (tertiary/aromatic N) is 3. The third-order valence-corrected chi connectivity index (χ3v) is 4.37. The van der Waals surface area contributed by atoms with E-state index in [-0.39, 0.29) is 5.56 Å². The zero-order chi connectivity index (χ0) is 14.5. The van der Waals surface area contributed by atoms with E-state index in [1.807, 2.05) is 0 Å². The van der Waals surface area contributed by atoms with E-state index in [1.54, 1.807) is 7.05 Å². The van der Waals surface area contributed by atoms with Crippen LogP contribution < -0.4 is 10.9 Å². The normalized spacial score (nSPS) is 10.6. The second-order valence-corrected chi connectivity index (χ2v) is 5.76. The van der Waals surface area contributed by atoms with E-state index < -0.39 is 0 Å². The fourth-order valence-electron chi connectivity index (χ4n) is 1.61. The molecule has 106 valence electrons. The maximum absolute atomic E-state index is 11.6. The molecule has 2 aromatic rings. The monoisotopic (exact) mass is 355 g/mol. The van der Waals surface area contributed by atoms with Crippen molar-refractivity contribution in [3.8, 4) is 0 Å². The molecule has 0 spiro atoms. The Bertz CT molecular complexity index is 661. The van der Waals surface area contributed by atoms with Crippen molar-refractivity contribution < 1.29 is 0 Å². The summed E-state index contributed by atoms with van der Waals surface area (Å²) < 4.78 is 0.746. The Kier molecular flexibility index (Phi) is 5.13. The quantitative estimate of drug-likeness (QED) is 0.633. The molecule has 2 heterocycles. The van der Waals surface area contributed by atoms with Gasteiger partial charge in [-0.2, -0.15) is 0 Å². The summed E-state index contributed by atoms with van der Waals surface area (Å²) in [5, 5.41) is 4.19. The summed E-state index contributed by atoms with van der Waals surface area (Å²) in [6.07, 6.45) is 3.19. The number of aryl methyl sites for hydroxylation is 1. The summed E-state index contributed by atoms with van der Waals surface area (Å²) in [7, 11) is 1.78. The minimum atomic E-state index is -0.148. The van der Waals surface area contributed by atoms with Gasteiger partial charge in [0, 0.05) is 18.8 Å². The number of aromatic amines is 1. The van der Waals surface area contributed by atoms with Crippen LogP contribution in [-0.4, -0.2) is 27.0 Å². The highest BCUT2D eigenvalue weighted by molar-refractivity contribution is 9.10. The van der Waals surface area contributed by atoms with E-state index in [4.69, 9.17) is 0 Å². The van der Waals surface area contributed by atoms with Crippen LogP contribution in [0, 0.1) is 0 Å². The second-order valence-electron chi connectivity index (χ2n) is 3.99. The summed E-state index contributed by atoms with van der Waals surface area (Å²) in [5.74, 6) is 0.689. The Morgan fingerprint density at radius 2 is 2.25 bits per heavy atom. The van der Waals surface area contributed by atoms with Crippen molar-refractivity contribution in [3.05, 3.63) is 32.9 Å². The van der Waals surface area contributed by atoms with Crippen molar-refractivity contribution in [2.75, 3.05) is 12.4 Å². The van der Waals surface area contributed by atoms with E-state index in [1.165, 1.54) is 24.2 Å². The van der Waals surface area contributed by atoms with E-state index >= 15 is 0 Å². The number of hydrogen-bond donors (Lipinski definition) is 2. The molecule has 2 rings (SSSR count). The van der Waals surface area contributed by atoms with E-state index in [9.17, 15) is 4.79 Å². The predicted octanol–water partition coefficient (Wildman–Crippen LogP) is 2.47. The summed E-state index contributed by atoms with van der Waals surface area (Å²) in [4.78, 5) is 27.0. The molecule has 0 radical (unpaired) electrons. The molecule has 0 aliphatic rings. The van der Waals surface area contributed by atoms with Gasteiger partial charge in [-0.25, -0.2) is 15.0 Å². The summed E-state index contributed by atoms with van der Waals surface area (Å²) in [6.45, 7) is 2.05. The van der Waals surface area contributed by atoms with Gasteiger partial charge >= 0.3 is 0 Å². The maximum atomic E-state index is 11.6. The smallest absolute Gasteiger partial charge is 0.251 e. The summed E-state index contributed by atoms with van der Waals surface area (Å²) in [6, 6.07) is 1.53. The summed E-state index contributed by atoms with van der Waals surface area (Å²) >= 11 is 4.73. The molecule has 0 aliphatic heterocycles. The minimum Gasteiger partial charge on any atom is -0.372 e. The molecule has 0 aromatic carbocycles. The molecule has 0 bridgehead atoms. The van der Waals surface area contributed by atoms with Gasteiger partial charge in [-0.05, 0) is 34.1 Å². The van der Waals surface area contributed by atoms with E-state index in [0.717, 1.165) is 23.0 Å². The molecule has 0 aliphatic carbocycles. The second kappa shape index (κ2) is 6.85. The van der Waals surface area contributed by atoms with Crippen LogP contribution in [0.3, 0.4) is 0 Å². The van der Waals surface area contributed by atoms with Gasteiger partial charge < -0.3 is 10.3 Å². The van der Waals surface area contributed by atoms with Gasteiger partial charge in [-0.3, -0.25) is 4.79 Å². The Hall–Kier alpha value is -1.41. The van der Waals surface area contributed by atoms with E-state index in [0.29, 0.717) is 16.0 Å². The number of nitrogens with one attached hydrogen (secondary N) is 2.